The molecular formula is C11H20O2. The second kappa shape index (κ2) is 6.84. The molecule has 1 saturated carbocycles. The third kappa shape index (κ3) is 4.23. The molecule has 2 nitrogen and oxygen atoms in total. The Labute approximate surface area is 81.0 Å². The van der Waals surface area contributed by atoms with Crippen LogP contribution in [0, 0.1) is 0 Å². The summed E-state index contributed by atoms with van der Waals surface area (Å²) in [5, 5.41) is 0. The van der Waals surface area contributed by atoms with E-state index in [9.17, 15) is 0 Å². The molecule has 0 unspecified atom stereocenters. The van der Waals surface area contributed by atoms with E-state index in [1.54, 1.807) is 0 Å². The van der Waals surface area contributed by atoms with Gasteiger partial charge in [0.2, 0.25) is 0 Å². The van der Waals surface area contributed by atoms with Gasteiger partial charge in [0.05, 0.1) is 5.60 Å². The smallest absolute Gasteiger partial charge is 0.142 e. The standard InChI is InChI=1S/C8H16O.C3H4O/c1-3-8(9-2)6-4-5-7-8;1-2-3-4/h3-7H2,1-2H3;2-3H,1H2. The van der Waals surface area contributed by atoms with Gasteiger partial charge in [0.25, 0.3) is 0 Å². The lowest BCUT2D eigenvalue weighted by atomic mass is 9.99. The number of carbonyl (C=O) groups excluding carboxylic acids is 1. The molecular weight excluding hydrogens is 164 g/mol. The van der Waals surface area contributed by atoms with E-state index in [4.69, 9.17) is 9.53 Å². The number of hydrogen-bond donors (Lipinski definition) is 0. The van der Waals surface area contributed by atoms with Gasteiger partial charge in [-0.1, -0.05) is 26.3 Å². The lowest BCUT2D eigenvalue weighted by Gasteiger charge is -2.25. The Bertz CT molecular complexity index is 134. The Morgan fingerprint density at radius 3 is 2.08 bits per heavy atom. The van der Waals surface area contributed by atoms with Crippen LogP contribution in [0.4, 0.5) is 0 Å². The van der Waals surface area contributed by atoms with Gasteiger partial charge in [-0.15, -0.1) is 0 Å². The van der Waals surface area contributed by atoms with Crippen LogP contribution in [0.2, 0.25) is 0 Å². The highest BCUT2D eigenvalue weighted by atomic mass is 16.5. The molecule has 0 aromatic rings. The summed E-state index contributed by atoms with van der Waals surface area (Å²) in [5.74, 6) is 0. The fraction of sp³-hybridized carbons (Fsp3) is 0.727. The molecule has 0 atom stereocenters. The van der Waals surface area contributed by atoms with E-state index in [2.05, 4.69) is 13.5 Å². The van der Waals surface area contributed by atoms with Crippen LogP contribution in [0.3, 0.4) is 0 Å². The SMILES string of the molecule is C=CC=O.CCC1(OC)CCCC1. The minimum absolute atomic E-state index is 0.278. The predicted octanol–water partition coefficient (Wildman–Crippen LogP) is 2.73. The quantitative estimate of drug-likeness (QED) is 0.498. The van der Waals surface area contributed by atoms with Crippen molar-refractivity contribution in [2.75, 3.05) is 7.11 Å². The van der Waals surface area contributed by atoms with Gasteiger partial charge >= 0.3 is 0 Å². The van der Waals surface area contributed by atoms with Crippen molar-refractivity contribution >= 4 is 6.29 Å². The summed E-state index contributed by atoms with van der Waals surface area (Å²) < 4.78 is 5.45. The van der Waals surface area contributed by atoms with Crippen molar-refractivity contribution in [3.05, 3.63) is 12.7 Å². The monoisotopic (exact) mass is 184 g/mol. The molecule has 0 aromatic heterocycles. The molecule has 0 aliphatic heterocycles. The highest BCUT2D eigenvalue weighted by Crippen LogP contribution is 2.34. The Morgan fingerprint density at radius 2 is 1.92 bits per heavy atom. The summed E-state index contributed by atoms with van der Waals surface area (Å²) in [6.07, 6.45) is 8.30. The highest BCUT2D eigenvalue weighted by Gasteiger charge is 2.31. The van der Waals surface area contributed by atoms with E-state index in [1.165, 1.54) is 38.2 Å². The van der Waals surface area contributed by atoms with Crippen LogP contribution >= 0.6 is 0 Å². The molecule has 0 N–H and O–H groups in total. The zero-order valence-corrected chi connectivity index (χ0v) is 8.71. The largest absolute Gasteiger partial charge is 0.378 e. The molecule has 1 rings (SSSR count). The van der Waals surface area contributed by atoms with Crippen molar-refractivity contribution in [3.8, 4) is 0 Å². The van der Waals surface area contributed by atoms with E-state index in [1.807, 2.05) is 7.11 Å². The zero-order chi connectivity index (χ0) is 10.2. The minimum atomic E-state index is 0.278. The molecule has 1 fully saturated rings. The number of rotatable bonds is 3. The van der Waals surface area contributed by atoms with Crippen LogP contribution < -0.4 is 0 Å². The number of ether oxygens (including phenoxy) is 1. The average Bonchev–Trinajstić information content (AvgIpc) is 2.67. The van der Waals surface area contributed by atoms with Crippen LogP contribution in [0.15, 0.2) is 12.7 Å². The minimum Gasteiger partial charge on any atom is -0.378 e. The molecule has 0 spiro atoms. The topological polar surface area (TPSA) is 26.3 Å². The van der Waals surface area contributed by atoms with Gasteiger partial charge in [-0.05, 0) is 25.3 Å². The molecule has 1 aliphatic carbocycles. The maximum absolute atomic E-state index is 9.06. The summed E-state index contributed by atoms with van der Waals surface area (Å²) in [5.41, 5.74) is 0.278. The van der Waals surface area contributed by atoms with E-state index >= 15 is 0 Å². The van der Waals surface area contributed by atoms with Crippen LogP contribution in [0.25, 0.3) is 0 Å². The van der Waals surface area contributed by atoms with Crippen molar-refractivity contribution in [2.45, 2.75) is 44.6 Å². The van der Waals surface area contributed by atoms with Gasteiger partial charge < -0.3 is 4.74 Å². The molecule has 0 bridgehead atoms. The molecule has 76 valence electrons. The first-order valence-electron chi connectivity index (χ1n) is 4.86. The van der Waals surface area contributed by atoms with E-state index in [0.717, 1.165) is 0 Å². The fourth-order valence-electron chi connectivity index (χ4n) is 1.72. The van der Waals surface area contributed by atoms with Crippen molar-refractivity contribution in [2.24, 2.45) is 0 Å². The van der Waals surface area contributed by atoms with Crippen LogP contribution in [0.1, 0.15) is 39.0 Å². The number of allylic oxidation sites excluding steroid dienone is 1. The first-order chi connectivity index (χ1) is 6.24. The number of hydrogen-bond acceptors (Lipinski definition) is 2. The second-order valence-corrected chi connectivity index (χ2v) is 3.32. The maximum atomic E-state index is 9.06. The van der Waals surface area contributed by atoms with E-state index in [-0.39, 0.29) is 5.60 Å². The third-order valence-electron chi connectivity index (χ3n) is 2.69. The van der Waals surface area contributed by atoms with Crippen molar-refractivity contribution < 1.29 is 9.53 Å². The summed E-state index contributed by atoms with van der Waals surface area (Å²) >= 11 is 0. The van der Waals surface area contributed by atoms with Crippen molar-refractivity contribution in [1.82, 2.24) is 0 Å². The first kappa shape index (κ1) is 12.4. The van der Waals surface area contributed by atoms with Crippen LogP contribution in [-0.4, -0.2) is 19.0 Å². The molecule has 0 aromatic carbocycles. The van der Waals surface area contributed by atoms with E-state index in [0.29, 0.717) is 6.29 Å². The molecule has 0 saturated heterocycles. The predicted molar refractivity (Wildman–Crippen MR) is 54.8 cm³/mol. The number of carbonyl (C=O) groups is 1. The summed E-state index contributed by atoms with van der Waals surface area (Å²) in [6.45, 7) is 5.33. The summed E-state index contributed by atoms with van der Waals surface area (Å²) in [6, 6.07) is 0. The normalized spacial score (nSPS) is 18.6. The molecule has 13 heavy (non-hydrogen) atoms. The Hall–Kier alpha value is -0.630. The van der Waals surface area contributed by atoms with Gasteiger partial charge in [0, 0.05) is 7.11 Å². The summed E-state index contributed by atoms with van der Waals surface area (Å²) in [4.78, 5) is 9.06. The van der Waals surface area contributed by atoms with E-state index < -0.39 is 0 Å². The van der Waals surface area contributed by atoms with Gasteiger partial charge in [-0.2, -0.15) is 0 Å². The maximum Gasteiger partial charge on any atom is 0.142 e. The van der Waals surface area contributed by atoms with Crippen molar-refractivity contribution in [3.63, 3.8) is 0 Å². The third-order valence-corrected chi connectivity index (χ3v) is 2.69. The Kier molecular flexibility index (Phi) is 6.51. The lowest BCUT2D eigenvalue weighted by molar-refractivity contribution is -0.104. The summed E-state index contributed by atoms with van der Waals surface area (Å²) in [7, 11) is 1.84. The van der Waals surface area contributed by atoms with Crippen LogP contribution in [-0.2, 0) is 9.53 Å². The highest BCUT2D eigenvalue weighted by molar-refractivity contribution is 5.63. The Morgan fingerprint density at radius 1 is 1.46 bits per heavy atom. The zero-order valence-electron chi connectivity index (χ0n) is 8.71. The first-order valence-corrected chi connectivity index (χ1v) is 4.86. The molecule has 1 aliphatic rings. The van der Waals surface area contributed by atoms with Crippen molar-refractivity contribution in [1.29, 1.82) is 0 Å². The molecule has 2 heteroatoms. The fourth-order valence-corrected chi connectivity index (χ4v) is 1.72. The van der Waals surface area contributed by atoms with Crippen LogP contribution in [0.5, 0.6) is 0 Å². The number of aldehydes is 1. The second-order valence-electron chi connectivity index (χ2n) is 3.32. The molecule has 0 heterocycles. The van der Waals surface area contributed by atoms with Gasteiger partial charge in [-0.25, -0.2) is 0 Å². The average molecular weight is 184 g/mol. The number of methoxy groups -OCH3 is 1. The molecule has 0 amide bonds. The van der Waals surface area contributed by atoms with Gasteiger partial charge in [0.15, 0.2) is 0 Å². The van der Waals surface area contributed by atoms with Gasteiger partial charge in [0.1, 0.15) is 6.29 Å². The lowest BCUT2D eigenvalue weighted by Crippen LogP contribution is -2.25. The molecule has 0 radical (unpaired) electrons. The Balaban J connectivity index is 0.000000310. The van der Waals surface area contributed by atoms with Gasteiger partial charge in [-0.3, -0.25) is 4.79 Å².